The number of nitrogens with zero attached hydrogens (tertiary/aromatic N) is 1. The van der Waals surface area contributed by atoms with Crippen molar-refractivity contribution in [2.24, 2.45) is 0 Å². The first-order valence-corrected chi connectivity index (χ1v) is 6.69. The molecule has 0 atom stereocenters. The van der Waals surface area contributed by atoms with Crippen molar-refractivity contribution in [3.8, 4) is 0 Å². The second kappa shape index (κ2) is 5.26. The number of hydrogen-bond donors (Lipinski definition) is 1. The minimum Gasteiger partial charge on any atom is -0.265 e. The highest BCUT2D eigenvalue weighted by Crippen LogP contribution is 2.21. The molecule has 16 heavy (non-hydrogen) atoms. The summed E-state index contributed by atoms with van der Waals surface area (Å²) >= 11 is 1.87. The average molecular weight is 269 g/mol. The van der Waals surface area contributed by atoms with Crippen LogP contribution in [0.5, 0.6) is 0 Å². The Morgan fingerprint density at radius 3 is 2.31 bits per heavy atom. The molecule has 0 fully saturated rings. The summed E-state index contributed by atoms with van der Waals surface area (Å²) in [6.07, 6.45) is 1.26. The molecule has 0 bridgehead atoms. The van der Waals surface area contributed by atoms with Crippen LogP contribution in [0.3, 0.4) is 0 Å². The summed E-state index contributed by atoms with van der Waals surface area (Å²) in [7, 11) is -4.94. The highest BCUT2D eigenvalue weighted by atomic mass is 35.7. The van der Waals surface area contributed by atoms with Crippen LogP contribution < -0.4 is 28.5 Å². The van der Waals surface area contributed by atoms with Crippen LogP contribution in [0.2, 0.25) is 0 Å². The van der Waals surface area contributed by atoms with E-state index in [2.05, 4.69) is 23.7 Å². The second-order valence-electron chi connectivity index (χ2n) is 3.36. The number of hydrogen-bond acceptors (Lipinski definition) is 6. The number of halogens is 1. The number of rotatable bonds is 0. The van der Waals surface area contributed by atoms with Gasteiger partial charge in [-0.1, -0.05) is 11.3 Å². The summed E-state index contributed by atoms with van der Waals surface area (Å²) in [5.41, 5.74) is 1.43. The van der Waals surface area contributed by atoms with E-state index in [4.69, 9.17) is 18.6 Å². The van der Waals surface area contributed by atoms with Gasteiger partial charge in [-0.2, -0.15) is 0 Å². The standard InChI is InChI=1S/C8H12N2S.ClHO4/c1-6-7(2)11-8-9-4-3-5-10(6)8;2-1(3,4)5/h3-5H2,1-2H3;(H,2,3,4,5). The number of aromatic nitrogens is 1. The fourth-order valence-electron chi connectivity index (χ4n) is 1.45. The van der Waals surface area contributed by atoms with E-state index >= 15 is 0 Å². The predicted molar refractivity (Wildman–Crippen MR) is 47.1 cm³/mol. The molecule has 1 aliphatic heterocycles. The summed E-state index contributed by atoms with van der Waals surface area (Å²) in [6, 6.07) is 0. The summed E-state index contributed by atoms with van der Waals surface area (Å²) in [6.45, 7) is 6.72. The zero-order valence-corrected chi connectivity index (χ0v) is 10.6. The Kier molecular flexibility index (Phi) is 4.48. The lowest BCUT2D eigenvalue weighted by Gasteiger charge is -2.17. The van der Waals surface area contributed by atoms with Crippen LogP contribution in [-0.2, 0) is 6.54 Å². The zero-order valence-electron chi connectivity index (χ0n) is 8.99. The Morgan fingerprint density at radius 2 is 1.81 bits per heavy atom. The van der Waals surface area contributed by atoms with Crippen molar-refractivity contribution in [2.45, 2.75) is 26.8 Å². The molecule has 1 aliphatic rings. The first-order chi connectivity index (χ1) is 7.29. The maximum atomic E-state index is 8.49. The summed E-state index contributed by atoms with van der Waals surface area (Å²) in [5.74, 6) is 0. The topological polar surface area (TPSA) is 108 Å². The fraction of sp³-hybridized carbons (Fsp3) is 0.625. The van der Waals surface area contributed by atoms with E-state index in [-0.39, 0.29) is 0 Å². The normalized spacial score (nSPS) is 14.6. The maximum Gasteiger partial charge on any atom is 0.334 e. The van der Waals surface area contributed by atoms with Crippen molar-refractivity contribution in [3.05, 3.63) is 10.6 Å². The van der Waals surface area contributed by atoms with Crippen LogP contribution in [0.25, 0.3) is 0 Å². The molecule has 0 saturated heterocycles. The average Bonchev–Trinajstić information content (AvgIpc) is 2.41. The van der Waals surface area contributed by atoms with Gasteiger partial charge in [-0.05, 0) is 13.8 Å². The van der Waals surface area contributed by atoms with Crippen molar-refractivity contribution in [1.82, 2.24) is 0 Å². The molecular weight excluding hydrogens is 256 g/mol. The molecular formula is C8H13ClN2O4S. The Balaban J connectivity index is 0.000000221. The summed E-state index contributed by atoms with van der Waals surface area (Å²) in [4.78, 5) is 1.44. The third kappa shape index (κ3) is 4.20. The van der Waals surface area contributed by atoms with E-state index in [1.807, 2.05) is 11.3 Å². The minimum absolute atomic E-state index is 1.14. The molecule has 0 unspecified atom stereocenters. The Hall–Kier alpha value is -0.440. The molecule has 0 radical (unpaired) electrons. The van der Waals surface area contributed by atoms with Gasteiger partial charge in [-0.15, -0.1) is 10.2 Å². The van der Waals surface area contributed by atoms with Crippen LogP contribution >= 0.6 is 11.3 Å². The summed E-state index contributed by atoms with van der Waals surface area (Å²) < 4.78 is 36.4. The molecule has 0 spiro atoms. The second-order valence-corrected chi connectivity index (χ2v) is 5.32. The van der Waals surface area contributed by atoms with Crippen molar-refractivity contribution >= 4 is 16.5 Å². The molecule has 2 heterocycles. The van der Waals surface area contributed by atoms with Crippen LogP contribution in [0.4, 0.5) is 5.13 Å². The highest BCUT2D eigenvalue weighted by molar-refractivity contribution is 7.15. The van der Waals surface area contributed by atoms with Gasteiger partial charge < -0.3 is 0 Å². The van der Waals surface area contributed by atoms with Gasteiger partial charge in [-0.3, -0.25) is 5.32 Å². The van der Waals surface area contributed by atoms with Crippen LogP contribution in [0.1, 0.15) is 17.0 Å². The van der Waals surface area contributed by atoms with Crippen LogP contribution in [0, 0.1) is 24.1 Å². The molecule has 0 aromatic carbocycles. The molecule has 6 nitrogen and oxygen atoms in total. The number of nitrogens with one attached hydrogen (secondary N) is 1. The number of aryl methyl sites for hydroxylation is 1. The lowest BCUT2D eigenvalue weighted by Crippen LogP contribution is -2.68. The fourth-order valence-corrected chi connectivity index (χ4v) is 2.51. The number of thiazole rings is 1. The SMILES string of the molecule is Cc1sc2[n+](c1C)CCCN2.[O-][Cl+3]([O-])([O-])[O-]. The monoisotopic (exact) mass is 268 g/mol. The molecule has 8 heteroatoms. The van der Waals surface area contributed by atoms with Gasteiger partial charge in [0, 0.05) is 6.42 Å². The van der Waals surface area contributed by atoms with Gasteiger partial charge in [0.25, 0.3) is 0 Å². The minimum atomic E-state index is -4.94. The van der Waals surface area contributed by atoms with Gasteiger partial charge >= 0.3 is 5.13 Å². The Bertz CT molecular complexity index is 358. The quantitative estimate of drug-likeness (QED) is 0.496. The largest absolute Gasteiger partial charge is 0.334 e. The first-order valence-electron chi connectivity index (χ1n) is 4.64. The van der Waals surface area contributed by atoms with Gasteiger partial charge in [0.2, 0.25) is 0 Å². The molecule has 92 valence electrons. The predicted octanol–water partition coefficient (Wildman–Crippen LogP) is -3.29. The highest BCUT2D eigenvalue weighted by Gasteiger charge is 2.21. The molecule has 0 aliphatic carbocycles. The van der Waals surface area contributed by atoms with Crippen molar-refractivity contribution in [3.63, 3.8) is 0 Å². The number of fused-ring (bicyclic) bond motifs is 1. The van der Waals surface area contributed by atoms with Gasteiger partial charge in [0.1, 0.15) is 5.69 Å². The zero-order chi connectivity index (χ0) is 12.3. The molecule has 2 rings (SSSR count). The van der Waals surface area contributed by atoms with Crippen LogP contribution in [0.15, 0.2) is 0 Å². The summed E-state index contributed by atoms with van der Waals surface area (Å²) in [5, 5.41) is 4.74. The van der Waals surface area contributed by atoms with Crippen LogP contribution in [-0.4, -0.2) is 6.54 Å². The Morgan fingerprint density at radius 1 is 1.25 bits per heavy atom. The molecule has 1 aromatic rings. The third-order valence-electron chi connectivity index (χ3n) is 2.24. The smallest absolute Gasteiger partial charge is 0.265 e. The lowest BCUT2D eigenvalue weighted by atomic mass is 10.3. The van der Waals surface area contributed by atoms with E-state index in [0.29, 0.717) is 0 Å². The van der Waals surface area contributed by atoms with E-state index < -0.39 is 10.2 Å². The third-order valence-corrected chi connectivity index (χ3v) is 3.40. The lowest BCUT2D eigenvalue weighted by molar-refractivity contribution is -2.00. The van der Waals surface area contributed by atoms with E-state index in [1.165, 1.54) is 28.7 Å². The van der Waals surface area contributed by atoms with E-state index in [0.717, 1.165) is 6.54 Å². The van der Waals surface area contributed by atoms with Gasteiger partial charge in [0.15, 0.2) is 0 Å². The van der Waals surface area contributed by atoms with Gasteiger partial charge in [-0.25, -0.2) is 23.2 Å². The van der Waals surface area contributed by atoms with Crippen molar-refractivity contribution in [2.75, 3.05) is 11.9 Å². The molecule has 1 N–H and O–H groups in total. The van der Waals surface area contributed by atoms with E-state index in [9.17, 15) is 0 Å². The Labute approximate surface area is 99.5 Å². The maximum absolute atomic E-state index is 8.49. The van der Waals surface area contributed by atoms with Crippen molar-refractivity contribution < 1.29 is 33.4 Å². The number of anilines is 1. The van der Waals surface area contributed by atoms with E-state index in [1.54, 1.807) is 0 Å². The molecule has 0 amide bonds. The first kappa shape index (κ1) is 13.6. The molecule has 1 aromatic heterocycles. The molecule has 0 saturated carbocycles. The van der Waals surface area contributed by atoms with Gasteiger partial charge in [0.05, 0.1) is 18.0 Å². The van der Waals surface area contributed by atoms with Crippen molar-refractivity contribution in [1.29, 1.82) is 0 Å².